The molecule has 0 saturated heterocycles. The standard InChI is InChI=1S/C56H60O9/c1-35(34-57)46-24-19-36-17-20-39(21-18-36)47-25-22-41(40-14-10-13-38(30-40)29-37-11-6-4-7-12-37)31-44(47)33-49(58)62-52-50-48(26-23-42-32-43(27-28-61-3)54(59)63-51(42)50)65-56(2,53(52)64-55(46)60)45-15-8-5-9-16-45/h4,6-7,10-14,17-18,20-23,25-26,30,32,41,44-45,47,52-53,57H,5,8-9,15-16,19,24,27-29,31,33-34H2,1-3H3. The number of aliphatic hydroxyl groups excluding tert-OH is 1. The third kappa shape index (κ3) is 9.36. The summed E-state index contributed by atoms with van der Waals surface area (Å²) in [4.78, 5) is 43.4. The van der Waals surface area contributed by atoms with Crippen molar-refractivity contribution in [1.82, 2.24) is 0 Å². The number of benzene rings is 4. The smallest absolute Gasteiger partial charge is 0.339 e. The highest BCUT2D eigenvalue weighted by molar-refractivity contribution is 5.90. The fourth-order valence-corrected chi connectivity index (χ4v) is 10.9. The zero-order valence-corrected chi connectivity index (χ0v) is 37.8. The summed E-state index contributed by atoms with van der Waals surface area (Å²) in [5.41, 5.74) is 6.11. The molecule has 4 heterocycles. The minimum absolute atomic E-state index is 0.0382. The van der Waals surface area contributed by atoms with Crippen LogP contribution in [0.5, 0.6) is 5.75 Å². The van der Waals surface area contributed by atoms with Gasteiger partial charge in [-0.1, -0.05) is 110 Å². The van der Waals surface area contributed by atoms with Gasteiger partial charge in [0.15, 0.2) is 12.2 Å². The van der Waals surface area contributed by atoms with E-state index in [0.717, 1.165) is 49.7 Å². The molecule has 65 heavy (non-hydrogen) atoms. The van der Waals surface area contributed by atoms with Crippen LogP contribution >= 0.6 is 0 Å². The summed E-state index contributed by atoms with van der Waals surface area (Å²) in [5.74, 6) is -0.778. The van der Waals surface area contributed by atoms with Crippen LogP contribution in [0.1, 0.15) is 122 Å². The van der Waals surface area contributed by atoms with Gasteiger partial charge in [-0.25, -0.2) is 9.59 Å². The van der Waals surface area contributed by atoms with E-state index < -0.39 is 35.4 Å². The molecule has 4 aromatic carbocycles. The van der Waals surface area contributed by atoms with E-state index >= 15 is 4.79 Å². The largest absolute Gasteiger partial charge is 0.483 e. The SMILES string of the molecule is COCCc1cc2ccc3c(c2oc1=O)C1OC(=O)CC2CC(c4cccc(Cc5ccccc5)c4)C=CC2c2ccc(cc2)CCC(=C(C)CO)C(=O)OC1C(C)(C1CCCCC1)O3. The number of hydrogen-bond donors (Lipinski definition) is 1. The van der Waals surface area contributed by atoms with Crippen LogP contribution in [-0.2, 0) is 43.1 Å². The molecule has 0 amide bonds. The highest BCUT2D eigenvalue weighted by atomic mass is 16.6. The lowest BCUT2D eigenvalue weighted by molar-refractivity contribution is -0.201. The van der Waals surface area contributed by atoms with E-state index in [0.29, 0.717) is 65.7 Å². The van der Waals surface area contributed by atoms with E-state index in [9.17, 15) is 14.7 Å². The van der Waals surface area contributed by atoms with Crippen LogP contribution in [0.4, 0.5) is 0 Å². The number of fused-ring (bicyclic) bond motifs is 11. The second-order valence-electron chi connectivity index (χ2n) is 18.8. The highest BCUT2D eigenvalue weighted by Crippen LogP contribution is 2.52. The fraction of sp³-hybridized carbons (Fsp3) is 0.411. The van der Waals surface area contributed by atoms with Crippen molar-refractivity contribution >= 4 is 22.9 Å². The molecular formula is C56H60O9. The van der Waals surface area contributed by atoms with Crippen molar-refractivity contribution in [3.63, 3.8) is 0 Å². The minimum atomic E-state index is -1.18. The van der Waals surface area contributed by atoms with E-state index in [1.807, 2.05) is 25.1 Å². The lowest BCUT2D eigenvalue weighted by Crippen LogP contribution is -2.58. The maximum Gasteiger partial charge on any atom is 0.339 e. The van der Waals surface area contributed by atoms with Crippen molar-refractivity contribution in [2.75, 3.05) is 20.3 Å². The molecule has 1 saturated carbocycles. The van der Waals surface area contributed by atoms with Crippen LogP contribution in [0.25, 0.3) is 11.0 Å². The van der Waals surface area contributed by atoms with Crippen LogP contribution in [0.3, 0.4) is 0 Å². The van der Waals surface area contributed by atoms with Gasteiger partial charge < -0.3 is 28.5 Å². The first kappa shape index (κ1) is 44.4. The van der Waals surface area contributed by atoms with Crippen LogP contribution in [-0.4, -0.2) is 49.1 Å². The van der Waals surface area contributed by atoms with Gasteiger partial charge in [0.2, 0.25) is 0 Å². The van der Waals surface area contributed by atoms with Gasteiger partial charge in [0.25, 0.3) is 0 Å². The Kier molecular flexibility index (Phi) is 13.2. The molecule has 6 atom stereocenters. The Hall–Kier alpha value is -5.77. The van der Waals surface area contributed by atoms with Crippen LogP contribution in [0, 0.1) is 11.8 Å². The van der Waals surface area contributed by atoms with Crippen molar-refractivity contribution in [3.05, 3.63) is 170 Å². The maximum absolute atomic E-state index is 15.0. The van der Waals surface area contributed by atoms with Gasteiger partial charge >= 0.3 is 17.6 Å². The molecule has 2 aliphatic carbocycles. The van der Waals surface area contributed by atoms with Gasteiger partial charge in [0.1, 0.15) is 16.9 Å². The molecule has 5 aliphatic rings. The summed E-state index contributed by atoms with van der Waals surface area (Å²) < 4.78 is 32.1. The van der Waals surface area contributed by atoms with Crippen molar-refractivity contribution in [2.45, 2.75) is 114 Å². The van der Waals surface area contributed by atoms with Crippen molar-refractivity contribution in [2.24, 2.45) is 11.8 Å². The van der Waals surface area contributed by atoms with Gasteiger partial charge in [-0.05, 0) is 110 Å². The van der Waals surface area contributed by atoms with Gasteiger partial charge in [0.05, 0.1) is 18.8 Å². The lowest BCUT2D eigenvalue weighted by atomic mass is 9.71. The number of methoxy groups -OCH3 is 1. The summed E-state index contributed by atoms with van der Waals surface area (Å²) in [7, 11) is 1.58. The summed E-state index contributed by atoms with van der Waals surface area (Å²) in [6, 6.07) is 33.2. The van der Waals surface area contributed by atoms with E-state index in [1.165, 1.54) is 16.7 Å². The van der Waals surface area contributed by atoms with Crippen molar-refractivity contribution < 1.29 is 38.1 Å². The average Bonchev–Trinajstić information content (AvgIpc) is 3.32. The minimum Gasteiger partial charge on any atom is -0.483 e. The number of rotatable bonds is 8. The third-order valence-corrected chi connectivity index (χ3v) is 14.6. The summed E-state index contributed by atoms with van der Waals surface area (Å²) in [6.45, 7) is 3.74. The summed E-state index contributed by atoms with van der Waals surface area (Å²) >= 11 is 0. The number of esters is 2. The van der Waals surface area contributed by atoms with Gasteiger partial charge in [-0.2, -0.15) is 0 Å². The number of hydrogen-bond acceptors (Lipinski definition) is 9. The van der Waals surface area contributed by atoms with Gasteiger partial charge in [-0.15, -0.1) is 0 Å². The number of carbonyl (C=O) groups excluding carboxylic acids is 2. The molecule has 5 aromatic rings. The Balaban J connectivity index is 1.15. The molecule has 10 rings (SSSR count). The van der Waals surface area contributed by atoms with Crippen LogP contribution in [0.15, 0.2) is 130 Å². The Morgan fingerprint density at radius 2 is 1.62 bits per heavy atom. The molecule has 1 fully saturated rings. The quantitative estimate of drug-likeness (QED) is 0.0703. The predicted molar refractivity (Wildman–Crippen MR) is 250 cm³/mol. The zero-order valence-electron chi connectivity index (χ0n) is 37.8. The first-order valence-electron chi connectivity index (χ1n) is 23.5. The average molecular weight is 877 g/mol. The monoisotopic (exact) mass is 876 g/mol. The second-order valence-corrected chi connectivity index (χ2v) is 18.8. The van der Waals surface area contributed by atoms with E-state index in [-0.39, 0.29) is 42.3 Å². The molecule has 1 aromatic heterocycles. The number of aliphatic hydroxyl groups is 1. The van der Waals surface area contributed by atoms with Crippen LogP contribution in [0.2, 0.25) is 0 Å². The molecule has 338 valence electrons. The number of ether oxygens (including phenoxy) is 4. The third-order valence-electron chi connectivity index (χ3n) is 14.6. The van der Waals surface area contributed by atoms with Gasteiger partial charge in [0, 0.05) is 54.2 Å². The molecule has 0 radical (unpaired) electrons. The molecule has 2 bridgehead atoms. The topological polar surface area (TPSA) is 122 Å². The van der Waals surface area contributed by atoms with Gasteiger partial charge in [-0.3, -0.25) is 4.79 Å². The fourth-order valence-electron chi connectivity index (χ4n) is 10.9. The Morgan fingerprint density at radius 1 is 0.831 bits per heavy atom. The van der Waals surface area contributed by atoms with Crippen LogP contribution < -0.4 is 10.4 Å². The van der Waals surface area contributed by atoms with E-state index in [1.54, 1.807) is 20.1 Å². The normalized spacial score (nSPS) is 25.8. The number of allylic oxidation sites excluding steroid dienone is 2. The first-order chi connectivity index (χ1) is 31.6. The number of aryl methyl sites for hydroxylation is 1. The Bertz CT molecular complexity index is 2640. The number of carbonyl (C=O) groups is 2. The molecular weight excluding hydrogens is 817 g/mol. The predicted octanol–water partition coefficient (Wildman–Crippen LogP) is 10.6. The molecule has 6 unspecified atom stereocenters. The molecule has 3 aliphatic heterocycles. The first-order valence-corrected chi connectivity index (χ1v) is 23.5. The Labute approximate surface area is 381 Å². The summed E-state index contributed by atoms with van der Waals surface area (Å²) in [5, 5.41) is 11.0. The second kappa shape index (κ2) is 19.4. The Morgan fingerprint density at radius 3 is 2.38 bits per heavy atom. The zero-order chi connectivity index (χ0) is 45.1. The molecule has 9 heteroatoms. The van der Waals surface area contributed by atoms with Crippen molar-refractivity contribution in [1.29, 1.82) is 0 Å². The molecule has 0 spiro atoms. The molecule has 1 N–H and O–H groups in total. The van der Waals surface area contributed by atoms with E-state index in [4.69, 9.17) is 23.4 Å². The summed E-state index contributed by atoms with van der Waals surface area (Å²) in [6.07, 6.45) is 9.87. The van der Waals surface area contributed by atoms with Crippen molar-refractivity contribution in [3.8, 4) is 5.75 Å². The highest BCUT2D eigenvalue weighted by Gasteiger charge is 2.56. The maximum atomic E-state index is 15.0. The van der Waals surface area contributed by atoms with E-state index in [2.05, 4.69) is 84.9 Å². The molecule has 9 nitrogen and oxygen atoms in total. The lowest BCUT2D eigenvalue weighted by Gasteiger charge is -2.50.